The lowest BCUT2D eigenvalue weighted by Crippen LogP contribution is -2.47. The van der Waals surface area contributed by atoms with E-state index < -0.39 is 9.84 Å². The summed E-state index contributed by atoms with van der Waals surface area (Å²) in [6.45, 7) is 6.46. The van der Waals surface area contributed by atoms with E-state index in [1.807, 2.05) is 18.2 Å². The second-order valence-electron chi connectivity index (χ2n) is 8.37. The van der Waals surface area contributed by atoms with Gasteiger partial charge in [-0.25, -0.2) is 8.42 Å². The van der Waals surface area contributed by atoms with Gasteiger partial charge in [0.25, 0.3) is 0 Å². The van der Waals surface area contributed by atoms with Crippen molar-refractivity contribution in [2.75, 3.05) is 37.7 Å². The summed E-state index contributed by atoms with van der Waals surface area (Å²) in [4.78, 5) is 16.9. The maximum absolute atomic E-state index is 13.0. The summed E-state index contributed by atoms with van der Waals surface area (Å²) in [6.07, 6.45) is 0.549. The highest BCUT2D eigenvalue weighted by Gasteiger charge is 2.37. The Balaban J connectivity index is 1.65. The monoisotopic (exact) mass is 393 g/mol. The van der Waals surface area contributed by atoms with Crippen LogP contribution in [0, 0.1) is 5.92 Å². The molecule has 0 aliphatic carbocycles. The standard InChI is InChI=1S/C20H31N3O3S/c1-15(2)10-23(17-8-9-27(25,26)14-17)20(24)13-22-11-18(19(21)12-22)16-6-4-3-5-7-16/h3-7,15,17-19H,8-14,21H2,1-2H3/t17?,18-,19+/m0/s1. The Hall–Kier alpha value is -1.44. The quantitative estimate of drug-likeness (QED) is 0.782. The molecule has 1 aromatic carbocycles. The third-order valence-electron chi connectivity index (χ3n) is 5.56. The van der Waals surface area contributed by atoms with Gasteiger partial charge in [-0.05, 0) is 17.9 Å². The van der Waals surface area contributed by atoms with Crippen LogP contribution >= 0.6 is 0 Å². The van der Waals surface area contributed by atoms with Crippen molar-refractivity contribution >= 4 is 15.7 Å². The van der Waals surface area contributed by atoms with Gasteiger partial charge in [-0.15, -0.1) is 0 Å². The second kappa shape index (κ2) is 8.29. The minimum Gasteiger partial charge on any atom is -0.337 e. The zero-order chi connectivity index (χ0) is 19.6. The average Bonchev–Trinajstić information content (AvgIpc) is 3.15. The molecule has 0 spiro atoms. The summed E-state index contributed by atoms with van der Waals surface area (Å²) < 4.78 is 23.8. The Morgan fingerprint density at radius 2 is 1.96 bits per heavy atom. The third-order valence-corrected chi connectivity index (χ3v) is 7.31. The number of hydrogen-bond donors (Lipinski definition) is 1. The number of carbonyl (C=O) groups excluding carboxylic acids is 1. The van der Waals surface area contributed by atoms with Crippen LogP contribution in [-0.4, -0.2) is 73.9 Å². The van der Waals surface area contributed by atoms with Crippen molar-refractivity contribution < 1.29 is 13.2 Å². The first-order valence-electron chi connectivity index (χ1n) is 9.78. The van der Waals surface area contributed by atoms with Gasteiger partial charge in [-0.2, -0.15) is 0 Å². The molecule has 1 amide bonds. The molecule has 2 heterocycles. The van der Waals surface area contributed by atoms with E-state index in [9.17, 15) is 13.2 Å². The lowest BCUT2D eigenvalue weighted by molar-refractivity contribution is -0.134. The van der Waals surface area contributed by atoms with Gasteiger partial charge in [0.05, 0.1) is 18.1 Å². The summed E-state index contributed by atoms with van der Waals surface area (Å²) in [5, 5.41) is 0. The van der Waals surface area contributed by atoms with Crippen LogP contribution in [0.1, 0.15) is 31.7 Å². The molecule has 2 aliphatic heterocycles. The van der Waals surface area contributed by atoms with Gasteiger partial charge in [0.2, 0.25) is 5.91 Å². The fraction of sp³-hybridized carbons (Fsp3) is 0.650. The minimum atomic E-state index is -3.02. The SMILES string of the molecule is CC(C)CN(C(=O)CN1C[C@@H](N)[C@H](c2ccccc2)C1)C1CCS(=O)(=O)C1. The molecule has 150 valence electrons. The van der Waals surface area contributed by atoms with E-state index in [4.69, 9.17) is 5.73 Å². The van der Waals surface area contributed by atoms with E-state index in [1.165, 1.54) is 5.56 Å². The Morgan fingerprint density at radius 3 is 2.56 bits per heavy atom. The van der Waals surface area contributed by atoms with Crippen LogP contribution in [0.5, 0.6) is 0 Å². The molecule has 0 aromatic heterocycles. The van der Waals surface area contributed by atoms with Crippen LogP contribution in [0.2, 0.25) is 0 Å². The number of rotatable bonds is 6. The summed E-state index contributed by atoms with van der Waals surface area (Å²) in [7, 11) is -3.02. The Labute approximate surface area is 162 Å². The van der Waals surface area contributed by atoms with E-state index in [0.29, 0.717) is 32.0 Å². The van der Waals surface area contributed by atoms with Crippen molar-refractivity contribution in [3.8, 4) is 0 Å². The molecule has 1 aromatic rings. The van der Waals surface area contributed by atoms with Crippen molar-refractivity contribution in [1.82, 2.24) is 9.80 Å². The first kappa shape index (κ1) is 20.3. The number of nitrogens with zero attached hydrogens (tertiary/aromatic N) is 2. The Morgan fingerprint density at radius 1 is 1.26 bits per heavy atom. The highest BCUT2D eigenvalue weighted by molar-refractivity contribution is 7.91. The molecule has 7 heteroatoms. The van der Waals surface area contributed by atoms with Gasteiger partial charge in [-0.1, -0.05) is 44.2 Å². The Kier molecular flexibility index (Phi) is 6.23. The van der Waals surface area contributed by atoms with E-state index in [1.54, 1.807) is 4.90 Å². The smallest absolute Gasteiger partial charge is 0.237 e. The van der Waals surface area contributed by atoms with Crippen LogP contribution in [0.25, 0.3) is 0 Å². The maximum atomic E-state index is 13.0. The second-order valence-corrected chi connectivity index (χ2v) is 10.6. The fourth-order valence-corrected chi connectivity index (χ4v) is 5.98. The first-order valence-corrected chi connectivity index (χ1v) is 11.6. The van der Waals surface area contributed by atoms with Gasteiger partial charge in [0.15, 0.2) is 9.84 Å². The van der Waals surface area contributed by atoms with E-state index >= 15 is 0 Å². The molecule has 3 atom stereocenters. The van der Waals surface area contributed by atoms with Gasteiger partial charge in [0.1, 0.15) is 0 Å². The van der Waals surface area contributed by atoms with Gasteiger partial charge < -0.3 is 10.6 Å². The van der Waals surface area contributed by atoms with Crippen molar-refractivity contribution in [2.45, 2.75) is 38.3 Å². The number of hydrogen-bond acceptors (Lipinski definition) is 5. The number of likely N-dealkylation sites (tertiary alicyclic amines) is 1. The number of benzene rings is 1. The zero-order valence-electron chi connectivity index (χ0n) is 16.3. The van der Waals surface area contributed by atoms with Crippen LogP contribution in [-0.2, 0) is 14.6 Å². The molecule has 2 fully saturated rings. The minimum absolute atomic E-state index is 0.00519. The normalized spacial score (nSPS) is 27.9. The Bertz CT molecular complexity index is 751. The molecule has 3 rings (SSSR count). The van der Waals surface area contributed by atoms with Crippen LogP contribution in [0.3, 0.4) is 0 Å². The molecule has 0 saturated carbocycles. The molecule has 6 nitrogen and oxygen atoms in total. The predicted octanol–water partition coefficient (Wildman–Crippen LogP) is 1.08. The third kappa shape index (κ3) is 5.09. The molecule has 27 heavy (non-hydrogen) atoms. The van der Waals surface area contributed by atoms with Crippen molar-refractivity contribution in [3.05, 3.63) is 35.9 Å². The summed E-state index contributed by atoms with van der Waals surface area (Å²) in [5.74, 6) is 0.827. The summed E-state index contributed by atoms with van der Waals surface area (Å²) in [6, 6.07) is 10.0. The van der Waals surface area contributed by atoms with E-state index in [-0.39, 0.29) is 35.4 Å². The summed E-state index contributed by atoms with van der Waals surface area (Å²) in [5.41, 5.74) is 7.55. The predicted molar refractivity (Wildman–Crippen MR) is 107 cm³/mol. The van der Waals surface area contributed by atoms with E-state index in [0.717, 1.165) is 6.54 Å². The van der Waals surface area contributed by atoms with Crippen LogP contribution in [0.4, 0.5) is 0 Å². The fourth-order valence-electron chi connectivity index (χ4n) is 4.25. The summed E-state index contributed by atoms with van der Waals surface area (Å²) >= 11 is 0. The number of nitrogens with two attached hydrogens (primary N) is 1. The topological polar surface area (TPSA) is 83.7 Å². The molecule has 1 unspecified atom stereocenters. The maximum Gasteiger partial charge on any atom is 0.237 e. The van der Waals surface area contributed by atoms with Gasteiger partial charge in [0, 0.05) is 37.6 Å². The number of carbonyl (C=O) groups is 1. The van der Waals surface area contributed by atoms with Gasteiger partial charge in [-0.3, -0.25) is 9.69 Å². The highest BCUT2D eigenvalue weighted by Crippen LogP contribution is 2.27. The molecular weight excluding hydrogens is 362 g/mol. The van der Waals surface area contributed by atoms with Crippen molar-refractivity contribution in [1.29, 1.82) is 0 Å². The van der Waals surface area contributed by atoms with Gasteiger partial charge >= 0.3 is 0 Å². The van der Waals surface area contributed by atoms with Crippen molar-refractivity contribution in [3.63, 3.8) is 0 Å². The molecule has 2 aliphatic rings. The van der Waals surface area contributed by atoms with Crippen LogP contribution < -0.4 is 5.73 Å². The molecular formula is C20H31N3O3S. The first-order chi connectivity index (χ1) is 12.7. The van der Waals surface area contributed by atoms with Crippen LogP contribution in [0.15, 0.2) is 30.3 Å². The number of sulfone groups is 1. The largest absolute Gasteiger partial charge is 0.337 e. The lowest BCUT2D eigenvalue weighted by Gasteiger charge is -2.31. The highest BCUT2D eigenvalue weighted by atomic mass is 32.2. The lowest BCUT2D eigenvalue weighted by atomic mass is 9.95. The molecule has 0 radical (unpaired) electrons. The molecule has 2 N–H and O–H groups in total. The number of amides is 1. The zero-order valence-corrected chi connectivity index (χ0v) is 17.1. The van der Waals surface area contributed by atoms with E-state index in [2.05, 4.69) is 30.9 Å². The molecule has 2 saturated heterocycles. The average molecular weight is 394 g/mol. The van der Waals surface area contributed by atoms with Crippen molar-refractivity contribution in [2.24, 2.45) is 11.7 Å². The molecule has 0 bridgehead atoms.